The Labute approximate surface area is 124 Å². The average molecular weight is 302 g/mol. The molecule has 0 amide bonds. The van der Waals surface area contributed by atoms with Gasteiger partial charge in [-0.25, -0.2) is 12.7 Å². The average Bonchev–Trinajstić information content (AvgIpc) is 2.47. The van der Waals surface area contributed by atoms with Crippen molar-refractivity contribution in [3.05, 3.63) is 0 Å². The van der Waals surface area contributed by atoms with Gasteiger partial charge in [0.1, 0.15) is 0 Å². The van der Waals surface area contributed by atoms with E-state index in [1.54, 1.807) is 11.2 Å². The van der Waals surface area contributed by atoms with Gasteiger partial charge in [0.05, 0.1) is 5.75 Å². The summed E-state index contributed by atoms with van der Waals surface area (Å²) in [5.74, 6) is 1.98. The van der Waals surface area contributed by atoms with Crippen LogP contribution in [0.2, 0.25) is 0 Å². The Hall–Kier alpha value is -0.130. The summed E-state index contributed by atoms with van der Waals surface area (Å²) in [7, 11) is -2.98. The van der Waals surface area contributed by atoms with Gasteiger partial charge >= 0.3 is 0 Å². The molecule has 1 heterocycles. The third-order valence-corrected chi connectivity index (χ3v) is 6.92. The van der Waals surface area contributed by atoms with E-state index in [4.69, 9.17) is 0 Å². The molecule has 0 aromatic carbocycles. The highest BCUT2D eigenvalue weighted by atomic mass is 32.2. The standard InChI is InChI=1S/C15H30N2O2S/c1-3-20(18,19)17-10-8-15(9-11-17)16-12-14-6-4-13(2)5-7-14/h13-16H,3-12H2,1-2H3. The topological polar surface area (TPSA) is 49.4 Å². The van der Waals surface area contributed by atoms with Gasteiger partial charge in [0.25, 0.3) is 0 Å². The highest BCUT2D eigenvalue weighted by Gasteiger charge is 2.27. The van der Waals surface area contributed by atoms with Crippen molar-refractivity contribution in [3.8, 4) is 0 Å². The predicted molar refractivity (Wildman–Crippen MR) is 83.2 cm³/mol. The van der Waals surface area contributed by atoms with E-state index in [0.29, 0.717) is 19.1 Å². The van der Waals surface area contributed by atoms with E-state index in [1.807, 2.05) is 0 Å². The first-order chi connectivity index (χ1) is 9.51. The van der Waals surface area contributed by atoms with E-state index in [0.717, 1.165) is 31.2 Å². The van der Waals surface area contributed by atoms with Gasteiger partial charge < -0.3 is 5.32 Å². The van der Waals surface area contributed by atoms with Crippen molar-refractivity contribution in [2.75, 3.05) is 25.4 Å². The van der Waals surface area contributed by atoms with Gasteiger partial charge in [0, 0.05) is 19.1 Å². The Kier molecular flexibility index (Phi) is 5.87. The number of sulfonamides is 1. The maximum Gasteiger partial charge on any atom is 0.213 e. The zero-order valence-electron chi connectivity index (χ0n) is 13.0. The summed E-state index contributed by atoms with van der Waals surface area (Å²) in [4.78, 5) is 0. The van der Waals surface area contributed by atoms with E-state index < -0.39 is 10.0 Å². The summed E-state index contributed by atoms with van der Waals surface area (Å²) in [6.07, 6.45) is 7.39. The molecule has 2 fully saturated rings. The van der Waals surface area contributed by atoms with Crippen LogP contribution < -0.4 is 5.32 Å². The molecule has 1 aliphatic heterocycles. The van der Waals surface area contributed by atoms with Crippen LogP contribution in [0.5, 0.6) is 0 Å². The maximum absolute atomic E-state index is 11.8. The molecule has 1 aliphatic carbocycles. The van der Waals surface area contributed by atoms with Gasteiger partial charge in [-0.05, 0) is 51.0 Å². The van der Waals surface area contributed by atoms with Crippen molar-refractivity contribution in [2.24, 2.45) is 11.8 Å². The summed E-state index contributed by atoms with van der Waals surface area (Å²) in [6, 6.07) is 0.512. The van der Waals surface area contributed by atoms with Gasteiger partial charge in [0.15, 0.2) is 0 Å². The van der Waals surface area contributed by atoms with Gasteiger partial charge in [0.2, 0.25) is 10.0 Å². The zero-order chi connectivity index (χ0) is 14.6. The molecule has 0 atom stereocenters. The van der Waals surface area contributed by atoms with Crippen LogP contribution in [0.25, 0.3) is 0 Å². The zero-order valence-corrected chi connectivity index (χ0v) is 13.8. The van der Waals surface area contributed by atoms with E-state index in [9.17, 15) is 8.42 Å². The van der Waals surface area contributed by atoms with E-state index >= 15 is 0 Å². The van der Waals surface area contributed by atoms with Gasteiger partial charge in [-0.2, -0.15) is 0 Å². The molecule has 1 saturated carbocycles. The van der Waals surface area contributed by atoms with E-state index in [1.165, 1.54) is 25.7 Å². The maximum atomic E-state index is 11.8. The predicted octanol–water partition coefficient (Wildman–Crippen LogP) is 2.22. The first-order valence-electron chi connectivity index (χ1n) is 8.22. The third-order valence-electron chi connectivity index (χ3n) is 5.04. The van der Waals surface area contributed by atoms with Gasteiger partial charge in [-0.3, -0.25) is 0 Å². The molecule has 2 rings (SSSR count). The molecule has 4 nitrogen and oxygen atoms in total. The molecule has 0 spiro atoms. The number of hydrogen-bond acceptors (Lipinski definition) is 3. The van der Waals surface area contributed by atoms with Crippen molar-refractivity contribution in [3.63, 3.8) is 0 Å². The molecule has 1 saturated heterocycles. The Balaban J connectivity index is 1.67. The molecule has 1 N–H and O–H groups in total. The molecule has 0 aromatic heterocycles. The molecule has 0 bridgehead atoms. The van der Waals surface area contributed by atoms with Crippen LogP contribution in [-0.4, -0.2) is 44.2 Å². The van der Waals surface area contributed by atoms with Crippen molar-refractivity contribution >= 4 is 10.0 Å². The second-order valence-corrected chi connectivity index (χ2v) is 8.87. The highest BCUT2D eigenvalue weighted by molar-refractivity contribution is 7.89. The number of rotatable bonds is 5. The molecule has 2 aliphatic rings. The first-order valence-corrected chi connectivity index (χ1v) is 9.83. The lowest BCUT2D eigenvalue weighted by atomic mass is 9.83. The summed E-state index contributed by atoms with van der Waals surface area (Å²) in [5, 5.41) is 3.67. The number of nitrogens with one attached hydrogen (secondary N) is 1. The molecule has 118 valence electrons. The van der Waals surface area contributed by atoms with Crippen molar-refractivity contribution in [1.29, 1.82) is 0 Å². The normalized spacial score (nSPS) is 30.5. The minimum Gasteiger partial charge on any atom is -0.314 e. The first kappa shape index (κ1) is 16.2. The summed E-state index contributed by atoms with van der Waals surface area (Å²) in [6.45, 7) is 6.58. The van der Waals surface area contributed by atoms with Crippen LogP contribution in [0.4, 0.5) is 0 Å². The molecular formula is C15H30N2O2S. The fourth-order valence-corrected chi connectivity index (χ4v) is 4.52. The molecule has 0 radical (unpaired) electrons. The minimum absolute atomic E-state index is 0.228. The number of hydrogen-bond donors (Lipinski definition) is 1. The van der Waals surface area contributed by atoms with E-state index in [2.05, 4.69) is 12.2 Å². The summed E-state index contributed by atoms with van der Waals surface area (Å²) < 4.78 is 25.3. The van der Waals surface area contributed by atoms with E-state index in [-0.39, 0.29) is 5.75 Å². The molecule has 0 unspecified atom stereocenters. The monoisotopic (exact) mass is 302 g/mol. The van der Waals surface area contributed by atoms with Crippen molar-refractivity contribution in [2.45, 2.75) is 58.4 Å². The molecule has 20 heavy (non-hydrogen) atoms. The summed E-state index contributed by atoms with van der Waals surface area (Å²) in [5.41, 5.74) is 0. The Morgan fingerprint density at radius 1 is 1.05 bits per heavy atom. The largest absolute Gasteiger partial charge is 0.314 e. The van der Waals surface area contributed by atoms with Crippen LogP contribution in [0, 0.1) is 11.8 Å². The molecular weight excluding hydrogens is 272 g/mol. The Morgan fingerprint density at radius 3 is 2.20 bits per heavy atom. The van der Waals surface area contributed by atoms with Crippen molar-refractivity contribution < 1.29 is 8.42 Å². The van der Waals surface area contributed by atoms with Crippen LogP contribution >= 0.6 is 0 Å². The number of piperidine rings is 1. The second kappa shape index (κ2) is 7.23. The lowest BCUT2D eigenvalue weighted by Gasteiger charge is -2.33. The van der Waals surface area contributed by atoms with Crippen molar-refractivity contribution in [1.82, 2.24) is 9.62 Å². The van der Waals surface area contributed by atoms with Crippen LogP contribution in [-0.2, 0) is 10.0 Å². The Morgan fingerprint density at radius 2 is 1.65 bits per heavy atom. The highest BCUT2D eigenvalue weighted by Crippen LogP contribution is 2.28. The SMILES string of the molecule is CCS(=O)(=O)N1CCC(NCC2CCC(C)CC2)CC1. The second-order valence-electron chi connectivity index (χ2n) is 6.61. The minimum atomic E-state index is -2.98. The van der Waals surface area contributed by atoms with Crippen LogP contribution in [0.1, 0.15) is 52.4 Å². The molecule has 5 heteroatoms. The summed E-state index contributed by atoms with van der Waals surface area (Å²) >= 11 is 0. The smallest absolute Gasteiger partial charge is 0.213 e. The quantitative estimate of drug-likeness (QED) is 0.847. The van der Waals surface area contributed by atoms with Gasteiger partial charge in [-0.1, -0.05) is 19.8 Å². The van der Waals surface area contributed by atoms with Crippen LogP contribution in [0.3, 0.4) is 0 Å². The van der Waals surface area contributed by atoms with Gasteiger partial charge in [-0.15, -0.1) is 0 Å². The Bertz CT molecular complexity index is 381. The lowest BCUT2D eigenvalue weighted by Crippen LogP contribution is -2.46. The number of nitrogens with zero attached hydrogens (tertiary/aromatic N) is 1. The van der Waals surface area contributed by atoms with Crippen LogP contribution in [0.15, 0.2) is 0 Å². The fraction of sp³-hybridized carbons (Fsp3) is 1.00. The fourth-order valence-electron chi connectivity index (χ4n) is 3.39. The lowest BCUT2D eigenvalue weighted by molar-refractivity contribution is 0.246. The molecule has 0 aromatic rings. The third kappa shape index (κ3) is 4.43.